The van der Waals surface area contributed by atoms with Gasteiger partial charge in [-0.3, -0.25) is 10.1 Å². The summed E-state index contributed by atoms with van der Waals surface area (Å²) in [5, 5.41) is 5.99. The first-order valence-corrected chi connectivity index (χ1v) is 10.1. The normalized spacial score (nSPS) is 15.2. The third kappa shape index (κ3) is 4.83. The van der Waals surface area contributed by atoms with Crippen LogP contribution in [0, 0.1) is 11.7 Å². The Labute approximate surface area is 172 Å². The van der Waals surface area contributed by atoms with E-state index in [1.165, 1.54) is 12.1 Å². The molecule has 28 heavy (non-hydrogen) atoms. The number of halogens is 2. The summed E-state index contributed by atoms with van der Waals surface area (Å²) in [6.07, 6.45) is 0. The van der Waals surface area contributed by atoms with Crippen molar-refractivity contribution in [1.29, 1.82) is 0 Å². The lowest BCUT2D eigenvalue weighted by Crippen LogP contribution is -2.42. The van der Waals surface area contributed by atoms with Gasteiger partial charge in [-0.2, -0.15) is 0 Å². The first-order chi connectivity index (χ1) is 13.3. The van der Waals surface area contributed by atoms with Gasteiger partial charge in [0, 0.05) is 10.5 Å². The van der Waals surface area contributed by atoms with Crippen molar-refractivity contribution >= 4 is 27.5 Å². The molecule has 2 aromatic rings. The molecule has 1 aliphatic rings. The molecule has 0 bridgehead atoms. The Morgan fingerprint density at radius 1 is 1.07 bits per heavy atom. The molecule has 0 aliphatic carbocycles. The first kappa shape index (κ1) is 20.6. The van der Waals surface area contributed by atoms with Crippen LogP contribution in [0.1, 0.15) is 32.4 Å². The average Bonchev–Trinajstić information content (AvgIpc) is 2.67. The molecule has 2 aromatic carbocycles. The number of anilines is 1. The molecule has 150 valence electrons. The van der Waals surface area contributed by atoms with Crippen LogP contribution in [0.15, 0.2) is 40.9 Å². The van der Waals surface area contributed by atoms with Crippen LogP contribution in [0.3, 0.4) is 0 Å². The topological polar surface area (TPSA) is 59.6 Å². The Bertz CT molecular complexity index is 860. The predicted octanol–water partition coefficient (Wildman–Crippen LogP) is 4.67. The molecule has 2 N–H and O–H groups in total. The molecule has 1 aliphatic heterocycles. The summed E-state index contributed by atoms with van der Waals surface area (Å²) in [6, 6.07) is 9.75. The summed E-state index contributed by atoms with van der Waals surface area (Å²) in [5.41, 5.74) is 1.16. The number of hydrogen-bond donors (Lipinski definition) is 2. The van der Waals surface area contributed by atoms with Crippen LogP contribution >= 0.6 is 15.9 Å². The van der Waals surface area contributed by atoms with Crippen molar-refractivity contribution in [1.82, 2.24) is 5.32 Å². The second kappa shape index (κ2) is 8.92. The van der Waals surface area contributed by atoms with E-state index < -0.39 is 11.9 Å². The Hall–Kier alpha value is -2.12. The number of hydrogen-bond acceptors (Lipinski definition) is 4. The molecule has 1 amide bonds. The van der Waals surface area contributed by atoms with E-state index in [2.05, 4.69) is 40.4 Å². The third-order valence-electron chi connectivity index (χ3n) is 4.60. The Morgan fingerprint density at radius 2 is 1.79 bits per heavy atom. The van der Waals surface area contributed by atoms with Crippen LogP contribution < -0.4 is 20.1 Å². The van der Waals surface area contributed by atoms with Crippen molar-refractivity contribution in [2.45, 2.75) is 32.9 Å². The zero-order chi connectivity index (χ0) is 20.3. The minimum Gasteiger partial charge on any atom is -0.486 e. The molecule has 0 saturated heterocycles. The molecule has 3 rings (SSSR count). The van der Waals surface area contributed by atoms with Gasteiger partial charge in [-0.25, -0.2) is 4.39 Å². The summed E-state index contributed by atoms with van der Waals surface area (Å²) >= 11 is 3.21. The van der Waals surface area contributed by atoms with Gasteiger partial charge < -0.3 is 14.8 Å². The minimum atomic E-state index is -0.524. The molecule has 0 radical (unpaired) electrons. The predicted molar refractivity (Wildman–Crippen MR) is 110 cm³/mol. The van der Waals surface area contributed by atoms with Gasteiger partial charge in [0.2, 0.25) is 5.91 Å². The number of ether oxygens (including phenoxy) is 2. The smallest absolute Gasteiger partial charge is 0.241 e. The fourth-order valence-corrected chi connectivity index (χ4v) is 3.44. The maximum Gasteiger partial charge on any atom is 0.241 e. The zero-order valence-corrected chi connectivity index (χ0v) is 17.7. The molecule has 0 unspecified atom stereocenters. The molecule has 0 spiro atoms. The van der Waals surface area contributed by atoms with Crippen LogP contribution in [0.4, 0.5) is 10.1 Å². The van der Waals surface area contributed by atoms with Crippen molar-refractivity contribution in [3.63, 3.8) is 0 Å². The maximum absolute atomic E-state index is 14.0. The van der Waals surface area contributed by atoms with Gasteiger partial charge in [-0.05, 0) is 48.7 Å². The summed E-state index contributed by atoms with van der Waals surface area (Å²) in [6.45, 7) is 6.98. The van der Waals surface area contributed by atoms with Gasteiger partial charge in [0.1, 0.15) is 19.0 Å². The van der Waals surface area contributed by atoms with Gasteiger partial charge in [0.05, 0.1) is 11.7 Å². The Kier molecular flexibility index (Phi) is 6.57. The van der Waals surface area contributed by atoms with Crippen LogP contribution in [0.25, 0.3) is 0 Å². The number of rotatable bonds is 6. The molecular formula is C21H24BrFN2O3. The summed E-state index contributed by atoms with van der Waals surface area (Å²) in [7, 11) is 0. The minimum absolute atomic E-state index is 0.0775. The highest BCUT2D eigenvalue weighted by molar-refractivity contribution is 9.10. The van der Waals surface area contributed by atoms with E-state index in [4.69, 9.17) is 9.47 Å². The molecule has 0 saturated carbocycles. The highest BCUT2D eigenvalue weighted by atomic mass is 79.9. The standard InChI is InChI=1S/C21H24BrFN2O3/c1-12(2)20(14-4-7-18-19(10-14)28-9-8-27-18)24-13(3)21(26)25-17-6-5-15(22)11-16(17)23/h4-7,10-13,20,24H,8-9H2,1-3H3,(H,25,26)/t13-,20-/m0/s1. The molecule has 5 nitrogen and oxygen atoms in total. The first-order valence-electron chi connectivity index (χ1n) is 9.26. The lowest BCUT2D eigenvalue weighted by molar-refractivity contribution is -0.118. The molecule has 2 atom stereocenters. The zero-order valence-electron chi connectivity index (χ0n) is 16.1. The Morgan fingerprint density at radius 3 is 2.46 bits per heavy atom. The number of carbonyl (C=O) groups excluding carboxylic acids is 1. The second-order valence-electron chi connectivity index (χ2n) is 7.13. The molecule has 7 heteroatoms. The SMILES string of the molecule is CC(C)[C@H](N[C@@H](C)C(=O)Nc1ccc(Br)cc1F)c1ccc2c(c1)OCCO2. The van der Waals surface area contributed by atoms with Crippen molar-refractivity contribution in [2.75, 3.05) is 18.5 Å². The quantitative estimate of drug-likeness (QED) is 0.670. The maximum atomic E-state index is 14.0. The van der Waals surface area contributed by atoms with Crippen LogP contribution in [0.2, 0.25) is 0 Å². The van der Waals surface area contributed by atoms with Gasteiger partial charge >= 0.3 is 0 Å². The number of fused-ring (bicyclic) bond motifs is 1. The highest BCUT2D eigenvalue weighted by Crippen LogP contribution is 2.34. The number of benzene rings is 2. The van der Waals surface area contributed by atoms with E-state index in [-0.39, 0.29) is 23.6 Å². The van der Waals surface area contributed by atoms with Crippen molar-refractivity contribution in [2.24, 2.45) is 5.92 Å². The number of carbonyl (C=O) groups is 1. The fraction of sp³-hybridized carbons (Fsp3) is 0.381. The number of amides is 1. The van der Waals surface area contributed by atoms with E-state index in [0.717, 1.165) is 11.3 Å². The van der Waals surface area contributed by atoms with Crippen molar-refractivity contribution in [3.8, 4) is 11.5 Å². The van der Waals surface area contributed by atoms with Crippen LogP contribution in [-0.2, 0) is 4.79 Å². The summed E-state index contributed by atoms with van der Waals surface area (Å²) < 4.78 is 25.9. The van der Waals surface area contributed by atoms with Crippen molar-refractivity contribution in [3.05, 3.63) is 52.3 Å². The monoisotopic (exact) mass is 450 g/mol. The fourth-order valence-electron chi connectivity index (χ4n) is 3.10. The third-order valence-corrected chi connectivity index (χ3v) is 5.10. The molecule has 1 heterocycles. The van der Waals surface area contributed by atoms with E-state index in [1.807, 2.05) is 18.2 Å². The van der Waals surface area contributed by atoms with Gasteiger partial charge in [0.25, 0.3) is 0 Å². The lowest BCUT2D eigenvalue weighted by atomic mass is 9.94. The van der Waals surface area contributed by atoms with E-state index in [1.54, 1.807) is 13.0 Å². The molecule has 0 fully saturated rings. The van der Waals surface area contributed by atoms with Gasteiger partial charge in [0.15, 0.2) is 11.5 Å². The molecule has 0 aromatic heterocycles. The largest absolute Gasteiger partial charge is 0.486 e. The van der Waals surface area contributed by atoms with Crippen LogP contribution in [0.5, 0.6) is 11.5 Å². The Balaban J connectivity index is 1.72. The van der Waals surface area contributed by atoms with Gasteiger partial charge in [-0.15, -0.1) is 0 Å². The number of nitrogens with one attached hydrogen (secondary N) is 2. The second-order valence-corrected chi connectivity index (χ2v) is 8.04. The van der Waals surface area contributed by atoms with E-state index in [0.29, 0.717) is 23.4 Å². The summed E-state index contributed by atoms with van der Waals surface area (Å²) in [4.78, 5) is 12.6. The molecular weight excluding hydrogens is 427 g/mol. The van der Waals surface area contributed by atoms with E-state index >= 15 is 0 Å². The van der Waals surface area contributed by atoms with Crippen molar-refractivity contribution < 1.29 is 18.7 Å². The summed E-state index contributed by atoms with van der Waals surface area (Å²) in [5.74, 6) is 0.882. The van der Waals surface area contributed by atoms with E-state index in [9.17, 15) is 9.18 Å². The average molecular weight is 451 g/mol. The highest BCUT2D eigenvalue weighted by Gasteiger charge is 2.24. The lowest BCUT2D eigenvalue weighted by Gasteiger charge is -2.28. The van der Waals surface area contributed by atoms with Crippen LogP contribution in [-0.4, -0.2) is 25.2 Å². The van der Waals surface area contributed by atoms with Gasteiger partial charge in [-0.1, -0.05) is 35.8 Å².